The third kappa shape index (κ3) is 3.39. The molecule has 0 aromatic rings. The summed E-state index contributed by atoms with van der Waals surface area (Å²) in [6.45, 7) is 5.69. The molecule has 0 bridgehead atoms. The molecule has 1 rings (SSSR count). The maximum atomic E-state index is 11.9. The number of hydrogen-bond acceptors (Lipinski definition) is 4. The van der Waals surface area contributed by atoms with Crippen LogP contribution in [0.2, 0.25) is 0 Å². The summed E-state index contributed by atoms with van der Waals surface area (Å²) in [5.74, 6) is -0.614. The van der Waals surface area contributed by atoms with E-state index in [2.05, 4.69) is 0 Å². The van der Waals surface area contributed by atoms with Gasteiger partial charge in [0.2, 0.25) is 0 Å². The van der Waals surface area contributed by atoms with E-state index in [1.807, 2.05) is 0 Å². The van der Waals surface area contributed by atoms with Crippen molar-refractivity contribution in [1.82, 2.24) is 0 Å². The lowest BCUT2D eigenvalue weighted by Crippen LogP contribution is -2.39. The smallest absolute Gasteiger partial charge is 0.166 e. The van der Waals surface area contributed by atoms with Crippen molar-refractivity contribution >= 4 is 12.1 Å². The van der Waals surface area contributed by atoms with Crippen molar-refractivity contribution < 1.29 is 19.1 Å². The number of carbonyl (C=O) groups excluding carboxylic acids is 2. The van der Waals surface area contributed by atoms with E-state index >= 15 is 0 Å². The van der Waals surface area contributed by atoms with Crippen molar-refractivity contribution in [3.05, 3.63) is 0 Å². The molecule has 1 fully saturated rings. The molecule has 1 saturated heterocycles. The van der Waals surface area contributed by atoms with Crippen LogP contribution in [0.4, 0.5) is 0 Å². The molecule has 0 saturated carbocycles. The summed E-state index contributed by atoms with van der Waals surface area (Å²) in [5.41, 5.74) is -0.815. The van der Waals surface area contributed by atoms with Crippen LogP contribution in [0.3, 0.4) is 0 Å². The zero-order valence-electron chi connectivity index (χ0n) is 10.2. The minimum Gasteiger partial charge on any atom is -0.347 e. The molecule has 1 aliphatic rings. The van der Waals surface area contributed by atoms with Crippen LogP contribution in [-0.4, -0.2) is 30.1 Å². The maximum absolute atomic E-state index is 11.9. The molecule has 0 spiro atoms. The first kappa shape index (κ1) is 13.3. The van der Waals surface area contributed by atoms with Crippen LogP contribution in [0.15, 0.2) is 0 Å². The Labute approximate surface area is 96.3 Å². The summed E-state index contributed by atoms with van der Waals surface area (Å²) in [6, 6.07) is 0. The summed E-state index contributed by atoms with van der Waals surface area (Å²) in [6.07, 6.45) is 3.34. The van der Waals surface area contributed by atoms with Gasteiger partial charge in [0, 0.05) is 12.8 Å². The van der Waals surface area contributed by atoms with E-state index in [9.17, 15) is 9.59 Å². The topological polar surface area (TPSA) is 52.6 Å². The Balaban J connectivity index is 2.39. The summed E-state index contributed by atoms with van der Waals surface area (Å²) in [4.78, 5) is 22.0. The molecule has 16 heavy (non-hydrogen) atoms. The molecule has 0 aromatic carbocycles. The zero-order chi connectivity index (χ0) is 12.2. The minimum atomic E-state index is -0.815. The number of Topliss-reactive ketones (excluding diaryl/α,β-unsaturated/α-hetero) is 1. The summed E-state index contributed by atoms with van der Waals surface area (Å²) in [7, 11) is 0. The van der Waals surface area contributed by atoms with Crippen molar-refractivity contribution in [2.24, 2.45) is 0 Å². The highest BCUT2D eigenvalue weighted by Gasteiger charge is 2.46. The lowest BCUT2D eigenvalue weighted by atomic mass is 9.97. The molecule has 0 N–H and O–H groups in total. The molecule has 4 nitrogen and oxygen atoms in total. The Bertz CT molecular complexity index is 272. The maximum Gasteiger partial charge on any atom is 0.166 e. The van der Waals surface area contributed by atoms with Crippen molar-refractivity contribution in [2.75, 3.05) is 6.61 Å². The number of carbonyl (C=O) groups is 2. The first-order chi connectivity index (χ1) is 7.40. The average Bonchev–Trinajstić information content (AvgIpc) is 2.49. The number of rotatable bonds is 6. The molecule has 0 amide bonds. The van der Waals surface area contributed by atoms with Gasteiger partial charge in [-0.1, -0.05) is 0 Å². The van der Waals surface area contributed by atoms with Crippen LogP contribution >= 0.6 is 0 Å². The quantitative estimate of drug-likeness (QED) is 0.514. The Morgan fingerprint density at radius 3 is 2.50 bits per heavy atom. The van der Waals surface area contributed by atoms with Crippen LogP contribution in [-0.2, 0) is 19.1 Å². The van der Waals surface area contributed by atoms with Crippen LogP contribution in [0.1, 0.15) is 46.5 Å². The zero-order valence-corrected chi connectivity index (χ0v) is 10.2. The minimum absolute atomic E-state index is 0.0592. The SMILES string of the molecule is CC1(C)OC[C@@](C)(C(=O)CCCCC=O)O1. The normalized spacial score (nSPS) is 27.9. The van der Waals surface area contributed by atoms with Gasteiger partial charge >= 0.3 is 0 Å². The number of ketones is 1. The first-order valence-electron chi connectivity index (χ1n) is 5.71. The Hall–Kier alpha value is -0.740. The fourth-order valence-electron chi connectivity index (χ4n) is 1.83. The second-order valence-corrected chi connectivity index (χ2v) is 4.86. The van der Waals surface area contributed by atoms with Crippen LogP contribution in [0.25, 0.3) is 0 Å². The van der Waals surface area contributed by atoms with E-state index in [1.54, 1.807) is 20.8 Å². The van der Waals surface area contributed by atoms with E-state index in [1.165, 1.54) is 0 Å². The number of hydrogen-bond donors (Lipinski definition) is 0. The molecule has 1 atom stereocenters. The van der Waals surface area contributed by atoms with Gasteiger partial charge in [0.1, 0.15) is 11.9 Å². The summed E-state index contributed by atoms with van der Waals surface area (Å²) >= 11 is 0. The highest BCUT2D eigenvalue weighted by Crippen LogP contribution is 2.32. The molecular formula is C12H20O4. The predicted octanol–water partition coefficient (Wildman–Crippen LogP) is 1.86. The van der Waals surface area contributed by atoms with Gasteiger partial charge in [-0.15, -0.1) is 0 Å². The molecule has 0 aromatic heterocycles. The van der Waals surface area contributed by atoms with Crippen molar-refractivity contribution in [3.63, 3.8) is 0 Å². The number of ether oxygens (including phenoxy) is 2. The van der Waals surface area contributed by atoms with E-state index < -0.39 is 11.4 Å². The summed E-state index contributed by atoms with van der Waals surface area (Å²) < 4.78 is 11.0. The molecule has 92 valence electrons. The average molecular weight is 228 g/mol. The Morgan fingerprint density at radius 1 is 1.31 bits per heavy atom. The first-order valence-corrected chi connectivity index (χ1v) is 5.71. The second kappa shape index (κ2) is 5.06. The van der Waals surface area contributed by atoms with Gasteiger partial charge < -0.3 is 14.3 Å². The molecule has 1 heterocycles. The number of aldehydes is 1. The van der Waals surface area contributed by atoms with E-state index in [-0.39, 0.29) is 5.78 Å². The number of unbranched alkanes of at least 4 members (excludes halogenated alkanes) is 2. The predicted molar refractivity (Wildman–Crippen MR) is 59.1 cm³/mol. The fraction of sp³-hybridized carbons (Fsp3) is 0.833. The lowest BCUT2D eigenvalue weighted by molar-refractivity contribution is -0.169. The van der Waals surface area contributed by atoms with Gasteiger partial charge in [-0.05, 0) is 33.6 Å². The molecule has 0 aliphatic carbocycles. The highest BCUT2D eigenvalue weighted by atomic mass is 16.8. The molecular weight excluding hydrogens is 208 g/mol. The molecule has 0 radical (unpaired) electrons. The van der Waals surface area contributed by atoms with Crippen molar-refractivity contribution in [1.29, 1.82) is 0 Å². The van der Waals surface area contributed by atoms with Crippen molar-refractivity contribution in [3.8, 4) is 0 Å². The Morgan fingerprint density at radius 2 is 2.00 bits per heavy atom. The summed E-state index contributed by atoms with van der Waals surface area (Å²) in [5, 5.41) is 0. The van der Waals surface area contributed by atoms with Gasteiger partial charge in [-0.25, -0.2) is 0 Å². The van der Waals surface area contributed by atoms with Crippen LogP contribution in [0.5, 0.6) is 0 Å². The van der Waals surface area contributed by atoms with Gasteiger partial charge in [-0.2, -0.15) is 0 Å². The third-order valence-corrected chi connectivity index (χ3v) is 2.73. The van der Waals surface area contributed by atoms with E-state index in [4.69, 9.17) is 9.47 Å². The fourth-order valence-corrected chi connectivity index (χ4v) is 1.83. The Kier molecular flexibility index (Phi) is 4.21. The van der Waals surface area contributed by atoms with Crippen LogP contribution < -0.4 is 0 Å². The van der Waals surface area contributed by atoms with Gasteiger partial charge in [-0.3, -0.25) is 4.79 Å². The van der Waals surface area contributed by atoms with E-state index in [0.29, 0.717) is 19.4 Å². The highest BCUT2D eigenvalue weighted by molar-refractivity contribution is 5.87. The lowest BCUT2D eigenvalue weighted by Gasteiger charge is -2.23. The molecule has 1 aliphatic heterocycles. The van der Waals surface area contributed by atoms with E-state index in [0.717, 1.165) is 19.1 Å². The third-order valence-electron chi connectivity index (χ3n) is 2.73. The van der Waals surface area contributed by atoms with Gasteiger partial charge in [0.15, 0.2) is 11.6 Å². The molecule has 0 unspecified atom stereocenters. The largest absolute Gasteiger partial charge is 0.347 e. The van der Waals surface area contributed by atoms with Gasteiger partial charge in [0.25, 0.3) is 0 Å². The molecule has 4 heteroatoms. The van der Waals surface area contributed by atoms with Gasteiger partial charge in [0.05, 0.1) is 6.61 Å². The second-order valence-electron chi connectivity index (χ2n) is 4.86. The monoisotopic (exact) mass is 228 g/mol. The van der Waals surface area contributed by atoms with Crippen LogP contribution in [0, 0.1) is 0 Å². The van der Waals surface area contributed by atoms with Crippen molar-refractivity contribution in [2.45, 2.75) is 57.8 Å². The standard InChI is InChI=1S/C12H20O4/c1-11(2)15-9-12(3,16-11)10(14)7-5-4-6-8-13/h8H,4-7,9H2,1-3H3/t12-/m0/s1.